The molecule has 1 saturated heterocycles. The zero-order valence-electron chi connectivity index (χ0n) is 9.33. The fourth-order valence-electron chi connectivity index (χ4n) is 1.96. The largest absolute Gasteiger partial charge is 0.497 e. The summed E-state index contributed by atoms with van der Waals surface area (Å²) in [6.07, 6.45) is 0.662. The van der Waals surface area contributed by atoms with E-state index in [9.17, 15) is 9.59 Å². The van der Waals surface area contributed by atoms with Gasteiger partial charge >= 0.3 is 0 Å². The standard InChI is InChI=1S/C12H12BrNO3/c1-17-8-2-3-10(13)9(6-8)7-4-11(15)14-12(16)5-7/h2-3,6-7H,4-5H2,1H3,(H,14,15,16). The van der Waals surface area contributed by atoms with Crippen molar-refractivity contribution in [2.24, 2.45) is 0 Å². The molecule has 0 unspecified atom stereocenters. The summed E-state index contributed by atoms with van der Waals surface area (Å²) in [5.41, 5.74) is 0.938. The van der Waals surface area contributed by atoms with Crippen molar-refractivity contribution in [1.29, 1.82) is 0 Å². The van der Waals surface area contributed by atoms with Gasteiger partial charge in [0.25, 0.3) is 0 Å². The van der Waals surface area contributed by atoms with E-state index >= 15 is 0 Å². The fourth-order valence-corrected chi connectivity index (χ4v) is 2.53. The Morgan fingerprint density at radius 2 is 1.94 bits per heavy atom. The van der Waals surface area contributed by atoms with Crippen LogP contribution < -0.4 is 10.1 Å². The first-order valence-electron chi connectivity index (χ1n) is 5.26. The number of benzene rings is 1. The third kappa shape index (κ3) is 2.66. The number of halogens is 1. The molecule has 4 nitrogen and oxygen atoms in total. The van der Waals surface area contributed by atoms with Crippen molar-refractivity contribution >= 4 is 27.7 Å². The van der Waals surface area contributed by atoms with Crippen LogP contribution in [0.4, 0.5) is 0 Å². The van der Waals surface area contributed by atoms with E-state index in [4.69, 9.17) is 4.74 Å². The monoisotopic (exact) mass is 297 g/mol. The molecule has 5 heteroatoms. The molecule has 0 atom stereocenters. The van der Waals surface area contributed by atoms with E-state index in [1.54, 1.807) is 7.11 Å². The van der Waals surface area contributed by atoms with Crippen molar-refractivity contribution in [3.63, 3.8) is 0 Å². The highest BCUT2D eigenvalue weighted by Gasteiger charge is 2.27. The molecule has 1 fully saturated rings. The first kappa shape index (κ1) is 12.1. The Labute approximate surface area is 107 Å². The van der Waals surface area contributed by atoms with Gasteiger partial charge in [-0.25, -0.2) is 0 Å². The second-order valence-electron chi connectivity index (χ2n) is 3.96. The second kappa shape index (κ2) is 4.87. The van der Waals surface area contributed by atoms with Gasteiger partial charge in [0.05, 0.1) is 7.11 Å². The van der Waals surface area contributed by atoms with Crippen LogP contribution in [0.1, 0.15) is 24.3 Å². The third-order valence-corrected chi connectivity index (χ3v) is 3.51. The van der Waals surface area contributed by atoms with Gasteiger partial charge in [-0.05, 0) is 23.8 Å². The maximum absolute atomic E-state index is 11.3. The Hall–Kier alpha value is -1.36. The smallest absolute Gasteiger partial charge is 0.227 e. The quantitative estimate of drug-likeness (QED) is 0.849. The summed E-state index contributed by atoms with van der Waals surface area (Å²) in [5, 5.41) is 2.30. The average molecular weight is 298 g/mol. The second-order valence-corrected chi connectivity index (χ2v) is 4.82. The van der Waals surface area contributed by atoms with E-state index in [-0.39, 0.29) is 17.7 Å². The number of amides is 2. The van der Waals surface area contributed by atoms with Crippen LogP contribution in [0.15, 0.2) is 22.7 Å². The molecule has 1 N–H and O–H groups in total. The summed E-state index contributed by atoms with van der Waals surface area (Å²) in [6, 6.07) is 5.56. The molecule has 0 spiro atoms. The van der Waals surface area contributed by atoms with E-state index in [0.717, 1.165) is 15.8 Å². The molecular formula is C12H12BrNO3. The Morgan fingerprint density at radius 1 is 1.29 bits per heavy atom. The molecule has 1 aliphatic heterocycles. The molecule has 0 radical (unpaired) electrons. The molecule has 0 saturated carbocycles. The van der Waals surface area contributed by atoms with E-state index in [1.165, 1.54) is 0 Å². The van der Waals surface area contributed by atoms with E-state index < -0.39 is 0 Å². The molecule has 1 aliphatic rings. The van der Waals surface area contributed by atoms with Crippen molar-refractivity contribution in [1.82, 2.24) is 5.32 Å². The van der Waals surface area contributed by atoms with Gasteiger partial charge in [-0.3, -0.25) is 14.9 Å². The summed E-state index contributed by atoms with van der Waals surface area (Å²) < 4.78 is 6.04. The molecule has 17 heavy (non-hydrogen) atoms. The normalized spacial score (nSPS) is 16.8. The topological polar surface area (TPSA) is 55.4 Å². The first-order chi connectivity index (χ1) is 8.10. The van der Waals surface area contributed by atoms with Crippen LogP contribution in [-0.2, 0) is 9.59 Å². The van der Waals surface area contributed by atoms with Gasteiger partial charge < -0.3 is 4.74 Å². The predicted molar refractivity (Wildman–Crippen MR) is 65.8 cm³/mol. The Balaban J connectivity index is 2.32. The lowest BCUT2D eigenvalue weighted by molar-refractivity contribution is -0.133. The van der Waals surface area contributed by atoms with Crippen LogP contribution in [0.3, 0.4) is 0 Å². The Morgan fingerprint density at radius 3 is 2.53 bits per heavy atom. The fraction of sp³-hybridized carbons (Fsp3) is 0.333. The van der Waals surface area contributed by atoms with Crippen molar-refractivity contribution in [3.8, 4) is 5.75 Å². The third-order valence-electron chi connectivity index (χ3n) is 2.79. The zero-order chi connectivity index (χ0) is 12.4. The molecule has 90 valence electrons. The van der Waals surface area contributed by atoms with Crippen LogP contribution in [0.5, 0.6) is 5.75 Å². The average Bonchev–Trinajstić information content (AvgIpc) is 2.28. The lowest BCUT2D eigenvalue weighted by Gasteiger charge is -2.22. The van der Waals surface area contributed by atoms with Crippen LogP contribution in [-0.4, -0.2) is 18.9 Å². The molecule has 1 heterocycles. The number of ether oxygens (including phenoxy) is 1. The number of hydrogen-bond donors (Lipinski definition) is 1. The number of imide groups is 1. The lowest BCUT2D eigenvalue weighted by Crippen LogP contribution is -2.37. The van der Waals surface area contributed by atoms with Crippen LogP contribution in [0, 0.1) is 0 Å². The minimum atomic E-state index is -0.221. The molecule has 0 aliphatic carbocycles. The maximum Gasteiger partial charge on any atom is 0.227 e. The zero-order valence-corrected chi connectivity index (χ0v) is 10.9. The van der Waals surface area contributed by atoms with Crippen LogP contribution in [0.25, 0.3) is 0 Å². The molecule has 2 amide bonds. The van der Waals surface area contributed by atoms with Gasteiger partial charge in [0.15, 0.2) is 0 Å². The highest BCUT2D eigenvalue weighted by Crippen LogP contribution is 2.34. The van der Waals surface area contributed by atoms with Crippen molar-refractivity contribution < 1.29 is 14.3 Å². The summed E-state index contributed by atoms with van der Waals surface area (Å²) in [5.74, 6) is 0.198. The van der Waals surface area contributed by atoms with Gasteiger partial charge in [-0.1, -0.05) is 15.9 Å². The SMILES string of the molecule is COc1ccc(Br)c(C2CC(=O)NC(=O)C2)c1. The summed E-state index contributed by atoms with van der Waals surface area (Å²) >= 11 is 3.44. The molecule has 0 aromatic heterocycles. The lowest BCUT2D eigenvalue weighted by atomic mass is 9.89. The number of hydrogen-bond acceptors (Lipinski definition) is 3. The number of piperidine rings is 1. The summed E-state index contributed by atoms with van der Waals surface area (Å²) in [7, 11) is 1.59. The summed E-state index contributed by atoms with van der Waals surface area (Å²) in [6.45, 7) is 0. The number of carbonyl (C=O) groups is 2. The van der Waals surface area contributed by atoms with E-state index in [1.807, 2.05) is 18.2 Å². The molecule has 1 aromatic rings. The Kier molecular flexibility index (Phi) is 3.47. The number of nitrogens with one attached hydrogen (secondary N) is 1. The van der Waals surface area contributed by atoms with Gasteiger partial charge in [-0.2, -0.15) is 0 Å². The van der Waals surface area contributed by atoms with E-state index in [0.29, 0.717) is 12.8 Å². The molecular weight excluding hydrogens is 286 g/mol. The van der Waals surface area contributed by atoms with Crippen molar-refractivity contribution in [2.75, 3.05) is 7.11 Å². The van der Waals surface area contributed by atoms with Crippen LogP contribution >= 0.6 is 15.9 Å². The van der Waals surface area contributed by atoms with Crippen molar-refractivity contribution in [2.45, 2.75) is 18.8 Å². The molecule has 2 rings (SSSR count). The maximum atomic E-state index is 11.3. The highest BCUT2D eigenvalue weighted by atomic mass is 79.9. The minimum absolute atomic E-state index is 0.0827. The van der Waals surface area contributed by atoms with Gasteiger partial charge in [0.2, 0.25) is 11.8 Å². The summed E-state index contributed by atoms with van der Waals surface area (Å²) in [4.78, 5) is 22.7. The number of rotatable bonds is 2. The first-order valence-corrected chi connectivity index (χ1v) is 6.05. The highest BCUT2D eigenvalue weighted by molar-refractivity contribution is 9.10. The Bertz CT molecular complexity index is 457. The van der Waals surface area contributed by atoms with Crippen molar-refractivity contribution in [3.05, 3.63) is 28.2 Å². The molecule has 0 bridgehead atoms. The number of methoxy groups -OCH3 is 1. The van der Waals surface area contributed by atoms with Gasteiger partial charge in [-0.15, -0.1) is 0 Å². The van der Waals surface area contributed by atoms with Crippen LogP contribution in [0.2, 0.25) is 0 Å². The minimum Gasteiger partial charge on any atom is -0.497 e. The van der Waals surface area contributed by atoms with Gasteiger partial charge in [0.1, 0.15) is 5.75 Å². The predicted octanol–water partition coefficient (Wildman–Crippen LogP) is 1.98. The molecule has 1 aromatic carbocycles. The number of carbonyl (C=O) groups excluding carboxylic acids is 2. The van der Waals surface area contributed by atoms with E-state index in [2.05, 4.69) is 21.2 Å². The van der Waals surface area contributed by atoms with Gasteiger partial charge in [0, 0.05) is 23.2 Å².